The van der Waals surface area contributed by atoms with E-state index in [-0.39, 0.29) is 22.2 Å². The van der Waals surface area contributed by atoms with E-state index in [1.54, 1.807) is 9.13 Å². The maximum absolute atomic E-state index is 13.0. The highest BCUT2D eigenvalue weighted by molar-refractivity contribution is 5.77. The average Bonchev–Trinajstić information content (AvgIpc) is 3.42. The van der Waals surface area contributed by atoms with Gasteiger partial charge in [0.05, 0.1) is 22.1 Å². The highest BCUT2D eigenvalue weighted by atomic mass is 16.5. The van der Waals surface area contributed by atoms with Gasteiger partial charge in [0.1, 0.15) is 11.6 Å². The van der Waals surface area contributed by atoms with Gasteiger partial charge in [0.15, 0.2) is 0 Å². The number of aromatic nitrogens is 6. The largest absolute Gasteiger partial charge is 0.421 e. The van der Waals surface area contributed by atoms with Gasteiger partial charge in [-0.3, -0.25) is 0 Å². The number of hydrogen-bond acceptors (Lipinski definition) is 5. The van der Waals surface area contributed by atoms with E-state index in [1.165, 1.54) is 0 Å². The number of benzene rings is 2. The minimum Gasteiger partial charge on any atom is -0.421 e. The molecule has 208 valence electrons. The molecule has 0 atom stereocenters. The number of nitrogens with zero attached hydrogens (tertiary/aromatic N) is 4. The van der Waals surface area contributed by atoms with E-state index >= 15 is 0 Å². The molecule has 0 fully saturated rings. The monoisotopic (exact) mass is 548 g/mol. The Labute approximate surface area is 236 Å². The average molecular weight is 549 g/mol. The van der Waals surface area contributed by atoms with Gasteiger partial charge >= 0.3 is 11.4 Å². The van der Waals surface area contributed by atoms with Crippen LogP contribution >= 0.6 is 0 Å². The summed E-state index contributed by atoms with van der Waals surface area (Å²) >= 11 is 0. The van der Waals surface area contributed by atoms with Crippen molar-refractivity contribution in [3.63, 3.8) is 0 Å². The number of rotatable bonds is 4. The second kappa shape index (κ2) is 9.33. The molecule has 6 rings (SSSR count). The van der Waals surface area contributed by atoms with Gasteiger partial charge in [-0.15, -0.1) is 0 Å². The Hall–Kier alpha value is -4.92. The molecule has 0 saturated carbocycles. The molecule has 0 saturated heterocycles. The van der Waals surface area contributed by atoms with Crippen LogP contribution in [0.1, 0.15) is 52.7 Å². The molecule has 4 aromatic heterocycles. The summed E-state index contributed by atoms with van der Waals surface area (Å²) in [5.41, 5.74) is 3.67. The molecule has 41 heavy (non-hydrogen) atoms. The molecular weight excluding hydrogens is 516 g/mol. The Kier molecular flexibility index (Phi) is 5.99. The van der Waals surface area contributed by atoms with Crippen LogP contribution in [0, 0.1) is 0 Å². The maximum atomic E-state index is 13.0. The van der Waals surface area contributed by atoms with Crippen LogP contribution in [0.3, 0.4) is 0 Å². The molecular formula is C32H32N6O3. The van der Waals surface area contributed by atoms with E-state index in [0.29, 0.717) is 23.4 Å². The van der Waals surface area contributed by atoms with Crippen molar-refractivity contribution >= 4 is 22.1 Å². The fourth-order valence-corrected chi connectivity index (χ4v) is 4.85. The fraction of sp³-hybridized carbons (Fsp3) is 0.250. The number of aromatic amines is 2. The zero-order valence-electron chi connectivity index (χ0n) is 23.9. The Morgan fingerprint density at radius 2 is 1.00 bits per heavy atom. The first-order chi connectivity index (χ1) is 19.4. The molecule has 0 aliphatic rings. The molecule has 9 heteroatoms. The first kappa shape index (κ1) is 26.3. The van der Waals surface area contributed by atoms with Crippen LogP contribution in [0.4, 0.5) is 0 Å². The van der Waals surface area contributed by atoms with Crippen molar-refractivity contribution in [3.8, 4) is 23.4 Å². The lowest BCUT2D eigenvalue weighted by atomic mass is 9.87. The Morgan fingerprint density at radius 1 is 0.610 bits per heavy atom. The number of fused-ring (bicyclic) bond motifs is 2. The number of ether oxygens (including phenoxy) is 1. The lowest BCUT2D eigenvalue weighted by molar-refractivity contribution is 0.436. The van der Waals surface area contributed by atoms with E-state index in [2.05, 4.69) is 51.5 Å². The molecule has 0 aliphatic carbocycles. The molecule has 2 N–H and O–H groups in total. The predicted molar refractivity (Wildman–Crippen MR) is 161 cm³/mol. The van der Waals surface area contributed by atoms with Crippen LogP contribution in [0.25, 0.3) is 33.7 Å². The van der Waals surface area contributed by atoms with Gasteiger partial charge in [0, 0.05) is 12.1 Å². The van der Waals surface area contributed by atoms with Gasteiger partial charge in [-0.25, -0.2) is 18.7 Å². The smallest absolute Gasteiger partial charge is 0.332 e. The third-order valence-electron chi connectivity index (χ3n) is 7.16. The normalized spacial score (nSPS) is 12.3. The number of H-pyrrole nitrogens is 2. The van der Waals surface area contributed by atoms with Crippen molar-refractivity contribution in [1.82, 2.24) is 29.1 Å². The van der Waals surface area contributed by atoms with Crippen molar-refractivity contribution in [2.24, 2.45) is 0 Å². The third kappa shape index (κ3) is 4.84. The van der Waals surface area contributed by atoms with Gasteiger partial charge < -0.3 is 14.7 Å². The molecule has 0 radical (unpaired) electrons. The summed E-state index contributed by atoms with van der Waals surface area (Å²) < 4.78 is 9.46. The van der Waals surface area contributed by atoms with Crippen molar-refractivity contribution in [2.45, 2.75) is 52.4 Å². The van der Waals surface area contributed by atoms with E-state index in [1.807, 2.05) is 72.8 Å². The Balaban J connectivity index is 1.53. The predicted octanol–water partition coefficient (Wildman–Crippen LogP) is 6.13. The van der Waals surface area contributed by atoms with E-state index in [0.717, 1.165) is 33.2 Å². The third-order valence-corrected chi connectivity index (χ3v) is 7.16. The standard InChI is InChI=1S/C32H32N6O3/c1-31(2,3)19-15-25(37-23-13-9-7-11-21(23)33-29(37)39)35-27(17-19)41-28-18-20(32(4,5)6)16-26(36-28)38-24-14-10-8-12-22(24)34-30(38)40/h7-18H,1-6H3,(H,33,39)(H,34,40). The number of nitrogens with one attached hydrogen (secondary N) is 2. The van der Waals surface area contributed by atoms with Gasteiger partial charge in [-0.2, -0.15) is 9.97 Å². The van der Waals surface area contributed by atoms with Gasteiger partial charge in [-0.1, -0.05) is 65.8 Å². The number of para-hydroxylation sites is 4. The van der Waals surface area contributed by atoms with Crippen molar-refractivity contribution in [1.29, 1.82) is 0 Å². The minimum atomic E-state index is -0.287. The molecule has 9 nitrogen and oxygen atoms in total. The highest BCUT2D eigenvalue weighted by Crippen LogP contribution is 2.32. The summed E-state index contributed by atoms with van der Waals surface area (Å²) in [5, 5.41) is 0. The molecule has 0 bridgehead atoms. The Morgan fingerprint density at radius 3 is 1.39 bits per heavy atom. The van der Waals surface area contributed by atoms with Gasteiger partial charge in [0.2, 0.25) is 11.8 Å². The van der Waals surface area contributed by atoms with Gasteiger partial charge in [-0.05, 0) is 58.4 Å². The van der Waals surface area contributed by atoms with Crippen LogP contribution in [0.5, 0.6) is 11.8 Å². The van der Waals surface area contributed by atoms with E-state index in [4.69, 9.17) is 14.7 Å². The molecule has 6 aromatic rings. The Bertz CT molecular complexity index is 1900. The molecule has 0 spiro atoms. The van der Waals surface area contributed by atoms with Crippen LogP contribution < -0.4 is 16.1 Å². The highest BCUT2D eigenvalue weighted by Gasteiger charge is 2.22. The minimum absolute atomic E-state index is 0.255. The number of pyridine rings is 2. The molecule has 0 aliphatic heterocycles. The molecule has 0 unspecified atom stereocenters. The van der Waals surface area contributed by atoms with E-state index in [9.17, 15) is 9.59 Å². The van der Waals surface area contributed by atoms with Crippen molar-refractivity contribution in [2.75, 3.05) is 0 Å². The van der Waals surface area contributed by atoms with Crippen LogP contribution in [-0.2, 0) is 10.8 Å². The second-order valence-electron chi connectivity index (χ2n) is 12.3. The summed E-state index contributed by atoms with van der Waals surface area (Å²) in [5.74, 6) is 1.46. The van der Waals surface area contributed by atoms with Crippen LogP contribution in [0.15, 0.2) is 82.4 Å². The summed E-state index contributed by atoms with van der Waals surface area (Å²) in [6.07, 6.45) is 0. The lowest BCUT2D eigenvalue weighted by Crippen LogP contribution is -2.19. The SMILES string of the molecule is CC(C)(C)c1cc(Oc2cc(C(C)(C)C)cc(-n3c(=O)[nH]c4ccccc43)n2)nc(-n2c(=O)[nH]c3ccccc32)c1. The molecule has 2 aromatic carbocycles. The number of imidazole rings is 2. The van der Waals surface area contributed by atoms with Crippen LogP contribution in [0.2, 0.25) is 0 Å². The summed E-state index contributed by atoms with van der Waals surface area (Å²) in [6.45, 7) is 12.5. The van der Waals surface area contributed by atoms with Gasteiger partial charge in [0.25, 0.3) is 0 Å². The topological polar surface area (TPSA) is 111 Å². The lowest BCUT2D eigenvalue weighted by Gasteiger charge is -2.22. The van der Waals surface area contributed by atoms with Crippen LogP contribution in [-0.4, -0.2) is 29.1 Å². The summed E-state index contributed by atoms with van der Waals surface area (Å²) in [7, 11) is 0. The first-order valence-electron chi connectivity index (χ1n) is 13.5. The first-order valence-corrected chi connectivity index (χ1v) is 13.5. The summed E-state index contributed by atoms with van der Waals surface area (Å²) in [4.78, 5) is 41.3. The maximum Gasteiger partial charge on any atom is 0.332 e. The zero-order valence-corrected chi connectivity index (χ0v) is 23.9. The second-order valence-corrected chi connectivity index (χ2v) is 12.3. The zero-order chi connectivity index (χ0) is 29.1. The number of hydrogen-bond donors (Lipinski definition) is 2. The quantitative estimate of drug-likeness (QED) is 0.275. The fourth-order valence-electron chi connectivity index (χ4n) is 4.85. The van der Waals surface area contributed by atoms with Crippen molar-refractivity contribution in [3.05, 3.63) is 105 Å². The molecule has 4 heterocycles. The summed E-state index contributed by atoms with van der Waals surface area (Å²) in [6, 6.07) is 22.5. The van der Waals surface area contributed by atoms with E-state index < -0.39 is 0 Å². The molecule has 0 amide bonds. The van der Waals surface area contributed by atoms with Crippen molar-refractivity contribution < 1.29 is 4.74 Å².